The van der Waals surface area contributed by atoms with E-state index in [0.29, 0.717) is 6.54 Å². The lowest BCUT2D eigenvalue weighted by atomic mass is 10.2. The van der Waals surface area contributed by atoms with Gasteiger partial charge in [-0.1, -0.05) is 18.2 Å². The van der Waals surface area contributed by atoms with Crippen LogP contribution < -0.4 is 9.47 Å². The molecule has 5 heteroatoms. The molecule has 0 radical (unpaired) electrons. The number of hydrogen-bond donors (Lipinski definition) is 0. The maximum absolute atomic E-state index is 12.6. The number of methoxy groups -OCH3 is 2. The van der Waals surface area contributed by atoms with E-state index in [0.717, 1.165) is 22.0 Å². The number of nitrogens with zero attached hydrogens (tertiary/aromatic N) is 1. The molecule has 0 saturated carbocycles. The quantitative estimate of drug-likeness (QED) is 0.715. The summed E-state index contributed by atoms with van der Waals surface area (Å²) >= 11 is 1.54. The van der Waals surface area contributed by atoms with Crippen LogP contribution in [0.2, 0.25) is 0 Å². The third-order valence-corrected chi connectivity index (χ3v) is 4.80. The lowest BCUT2D eigenvalue weighted by Gasteiger charge is -2.22. The van der Waals surface area contributed by atoms with Gasteiger partial charge in [-0.3, -0.25) is 4.79 Å². The van der Waals surface area contributed by atoms with Crippen molar-refractivity contribution in [1.29, 1.82) is 0 Å². The molecule has 1 amide bonds. The van der Waals surface area contributed by atoms with Gasteiger partial charge in [-0.25, -0.2) is 0 Å². The zero-order chi connectivity index (χ0) is 17.5. The second-order valence-electron chi connectivity index (χ2n) is 5.44. The molecule has 2 aromatic carbocycles. The zero-order valence-corrected chi connectivity index (χ0v) is 15.3. The first-order chi connectivity index (χ1) is 11.5. The topological polar surface area (TPSA) is 38.8 Å². The molecule has 24 heavy (non-hydrogen) atoms. The third kappa shape index (κ3) is 4.68. The van der Waals surface area contributed by atoms with E-state index in [1.807, 2.05) is 62.5 Å². The molecule has 0 saturated heterocycles. The molecule has 0 aromatic heterocycles. The highest BCUT2D eigenvalue weighted by Gasteiger charge is 2.19. The fourth-order valence-electron chi connectivity index (χ4n) is 2.39. The molecule has 0 aliphatic carbocycles. The van der Waals surface area contributed by atoms with Crippen molar-refractivity contribution in [3.63, 3.8) is 0 Å². The van der Waals surface area contributed by atoms with Crippen LogP contribution in [0.3, 0.4) is 0 Å². The maximum atomic E-state index is 12.6. The Morgan fingerprint density at radius 1 is 1.08 bits per heavy atom. The summed E-state index contributed by atoms with van der Waals surface area (Å²) in [4.78, 5) is 15.4. The monoisotopic (exact) mass is 345 g/mol. The minimum absolute atomic E-state index is 0.0849. The van der Waals surface area contributed by atoms with Crippen LogP contribution in [0.4, 0.5) is 0 Å². The number of rotatable bonds is 7. The van der Waals surface area contributed by atoms with E-state index in [9.17, 15) is 4.79 Å². The number of carbonyl (C=O) groups excluding carboxylic acids is 1. The Kier molecular flexibility index (Phi) is 6.55. The van der Waals surface area contributed by atoms with Crippen LogP contribution in [0.1, 0.15) is 12.5 Å². The Morgan fingerprint density at radius 3 is 2.38 bits per heavy atom. The highest BCUT2D eigenvalue weighted by Crippen LogP contribution is 2.27. The molecule has 0 spiro atoms. The lowest BCUT2D eigenvalue weighted by Crippen LogP contribution is -2.32. The largest absolute Gasteiger partial charge is 0.497 e. The van der Waals surface area contributed by atoms with Crippen molar-refractivity contribution in [1.82, 2.24) is 4.90 Å². The van der Waals surface area contributed by atoms with E-state index < -0.39 is 0 Å². The summed E-state index contributed by atoms with van der Waals surface area (Å²) in [6.45, 7) is 2.45. The van der Waals surface area contributed by atoms with E-state index >= 15 is 0 Å². The Labute approximate surface area is 147 Å². The third-order valence-electron chi connectivity index (χ3n) is 3.70. The van der Waals surface area contributed by atoms with Gasteiger partial charge in [-0.15, -0.1) is 11.8 Å². The molecule has 2 aromatic rings. The highest BCUT2D eigenvalue weighted by atomic mass is 32.2. The summed E-state index contributed by atoms with van der Waals surface area (Å²) in [6, 6.07) is 15.5. The van der Waals surface area contributed by atoms with Gasteiger partial charge in [0.2, 0.25) is 5.91 Å². The first-order valence-corrected chi connectivity index (χ1v) is 8.60. The molecule has 0 heterocycles. The molecule has 0 unspecified atom stereocenters. The van der Waals surface area contributed by atoms with Crippen LogP contribution in [0.15, 0.2) is 53.4 Å². The van der Waals surface area contributed by atoms with Gasteiger partial charge in [0.25, 0.3) is 0 Å². The van der Waals surface area contributed by atoms with Crippen LogP contribution in [-0.4, -0.2) is 37.3 Å². The molecular weight excluding hydrogens is 322 g/mol. The predicted octanol–water partition coefficient (Wildman–Crippen LogP) is 3.84. The summed E-state index contributed by atoms with van der Waals surface area (Å²) in [7, 11) is 5.10. The van der Waals surface area contributed by atoms with Crippen molar-refractivity contribution in [3.05, 3.63) is 54.1 Å². The van der Waals surface area contributed by atoms with Crippen LogP contribution in [0.5, 0.6) is 11.5 Å². The highest BCUT2D eigenvalue weighted by molar-refractivity contribution is 8.00. The molecular formula is C19H23NO3S. The van der Waals surface area contributed by atoms with Crippen molar-refractivity contribution < 1.29 is 14.3 Å². The van der Waals surface area contributed by atoms with Gasteiger partial charge in [-0.05, 0) is 37.3 Å². The molecule has 0 aliphatic rings. The Morgan fingerprint density at radius 2 is 1.75 bits per heavy atom. The SMILES string of the molecule is COc1ccc(S[C@H](C)C(=O)N(C)Cc2ccccc2OC)cc1. The number of ether oxygens (including phenoxy) is 2. The van der Waals surface area contributed by atoms with E-state index in [1.54, 1.807) is 30.9 Å². The number of benzene rings is 2. The van der Waals surface area contributed by atoms with Crippen LogP contribution in [0.25, 0.3) is 0 Å². The second-order valence-corrected chi connectivity index (χ2v) is 6.86. The van der Waals surface area contributed by atoms with Crippen molar-refractivity contribution >= 4 is 17.7 Å². The van der Waals surface area contributed by atoms with Gasteiger partial charge in [0.05, 0.1) is 19.5 Å². The number of amides is 1. The Balaban J connectivity index is 1.98. The van der Waals surface area contributed by atoms with E-state index in [2.05, 4.69) is 0 Å². The van der Waals surface area contributed by atoms with Crippen LogP contribution >= 0.6 is 11.8 Å². The fraction of sp³-hybridized carbons (Fsp3) is 0.316. The summed E-state index contributed by atoms with van der Waals surface area (Å²) in [5.41, 5.74) is 0.998. The van der Waals surface area contributed by atoms with Gasteiger partial charge in [-0.2, -0.15) is 0 Å². The molecule has 0 fully saturated rings. The minimum atomic E-state index is -0.168. The Hall–Kier alpha value is -2.14. The first kappa shape index (κ1) is 18.2. The summed E-state index contributed by atoms with van der Waals surface area (Å²) < 4.78 is 10.5. The minimum Gasteiger partial charge on any atom is -0.497 e. The van der Waals surface area contributed by atoms with Crippen molar-refractivity contribution in [3.8, 4) is 11.5 Å². The van der Waals surface area contributed by atoms with E-state index in [-0.39, 0.29) is 11.2 Å². The van der Waals surface area contributed by atoms with Gasteiger partial charge in [0, 0.05) is 24.1 Å². The number of carbonyl (C=O) groups is 1. The fourth-order valence-corrected chi connectivity index (χ4v) is 3.37. The second kappa shape index (κ2) is 8.64. The molecule has 1 atom stereocenters. The molecule has 4 nitrogen and oxygen atoms in total. The van der Waals surface area contributed by atoms with Gasteiger partial charge >= 0.3 is 0 Å². The standard InChI is InChI=1S/C19H23NO3S/c1-14(24-17-11-9-16(22-3)10-12-17)19(21)20(2)13-15-7-5-6-8-18(15)23-4/h5-12,14H,13H2,1-4H3/t14-/m1/s1. The Bertz CT molecular complexity index is 673. The molecule has 0 bridgehead atoms. The van der Waals surface area contributed by atoms with Gasteiger partial charge in [0.15, 0.2) is 0 Å². The summed E-state index contributed by atoms with van der Waals surface area (Å²) in [5.74, 6) is 1.70. The summed E-state index contributed by atoms with van der Waals surface area (Å²) in [5, 5.41) is -0.168. The van der Waals surface area contributed by atoms with Gasteiger partial charge in [0.1, 0.15) is 11.5 Å². The van der Waals surface area contributed by atoms with Crippen LogP contribution in [-0.2, 0) is 11.3 Å². The zero-order valence-electron chi connectivity index (χ0n) is 14.5. The number of para-hydroxylation sites is 1. The van der Waals surface area contributed by atoms with Crippen molar-refractivity contribution in [2.24, 2.45) is 0 Å². The molecule has 128 valence electrons. The summed E-state index contributed by atoms with van der Waals surface area (Å²) in [6.07, 6.45) is 0. The average molecular weight is 345 g/mol. The number of hydrogen-bond acceptors (Lipinski definition) is 4. The predicted molar refractivity (Wildman–Crippen MR) is 97.8 cm³/mol. The lowest BCUT2D eigenvalue weighted by molar-refractivity contribution is -0.129. The van der Waals surface area contributed by atoms with Crippen LogP contribution in [0, 0.1) is 0 Å². The van der Waals surface area contributed by atoms with Crippen molar-refractivity contribution in [2.45, 2.75) is 23.6 Å². The molecule has 2 rings (SSSR count). The molecule has 0 N–H and O–H groups in total. The van der Waals surface area contributed by atoms with Gasteiger partial charge < -0.3 is 14.4 Å². The van der Waals surface area contributed by atoms with Crippen molar-refractivity contribution in [2.75, 3.05) is 21.3 Å². The molecule has 0 aliphatic heterocycles. The normalized spacial score (nSPS) is 11.7. The average Bonchev–Trinajstić information content (AvgIpc) is 2.62. The maximum Gasteiger partial charge on any atom is 0.235 e. The number of thioether (sulfide) groups is 1. The van der Waals surface area contributed by atoms with E-state index in [1.165, 1.54) is 0 Å². The first-order valence-electron chi connectivity index (χ1n) is 7.72. The smallest absolute Gasteiger partial charge is 0.235 e. The van der Waals surface area contributed by atoms with E-state index in [4.69, 9.17) is 9.47 Å².